The minimum Gasteiger partial charge on any atom is -0.497 e. The van der Waals surface area contributed by atoms with E-state index in [1.807, 2.05) is 6.07 Å². The molecule has 2 aromatic heterocycles. The molecule has 0 aliphatic carbocycles. The van der Waals surface area contributed by atoms with Crippen LogP contribution < -0.4 is 4.74 Å². The van der Waals surface area contributed by atoms with Crippen LogP contribution in [-0.4, -0.2) is 41.3 Å². The Morgan fingerprint density at radius 1 is 1.30 bits per heavy atom. The molecule has 0 spiro atoms. The van der Waals surface area contributed by atoms with Gasteiger partial charge in [-0.05, 0) is 49.4 Å². The number of esters is 1. The third kappa shape index (κ3) is 3.67. The molecule has 30 heavy (non-hydrogen) atoms. The van der Waals surface area contributed by atoms with Crippen LogP contribution in [0.15, 0.2) is 59.5 Å². The highest BCUT2D eigenvalue weighted by molar-refractivity contribution is 6.27. The molecule has 8 nitrogen and oxygen atoms in total. The molecule has 1 aromatic carbocycles. The van der Waals surface area contributed by atoms with Crippen molar-refractivity contribution in [1.29, 1.82) is 0 Å². The Kier molecular flexibility index (Phi) is 5.30. The second-order valence-corrected chi connectivity index (χ2v) is 6.45. The Hall–Kier alpha value is -3.94. The van der Waals surface area contributed by atoms with Gasteiger partial charge in [0, 0.05) is 23.3 Å². The lowest BCUT2D eigenvalue weighted by molar-refractivity contribution is -0.147. The summed E-state index contributed by atoms with van der Waals surface area (Å²) in [6.07, 6.45) is 4.97. The first kappa shape index (κ1) is 19.4. The number of allylic oxidation sites excluding steroid dienone is 1. The summed E-state index contributed by atoms with van der Waals surface area (Å²) in [6, 6.07) is 10.5. The van der Waals surface area contributed by atoms with Gasteiger partial charge in [-0.2, -0.15) is 0 Å². The summed E-state index contributed by atoms with van der Waals surface area (Å²) < 4.78 is 15.9. The zero-order valence-electron chi connectivity index (χ0n) is 16.4. The second-order valence-electron chi connectivity index (χ2n) is 6.45. The summed E-state index contributed by atoms with van der Waals surface area (Å²) >= 11 is 0. The third-order valence-corrected chi connectivity index (χ3v) is 4.57. The average Bonchev–Trinajstić information content (AvgIpc) is 3.30. The number of carbonyl (C=O) groups excluding carboxylic acids is 2. The number of hydrogen-bond donors (Lipinski definition) is 1. The number of pyridine rings is 1. The van der Waals surface area contributed by atoms with E-state index in [0.717, 1.165) is 10.9 Å². The van der Waals surface area contributed by atoms with Crippen LogP contribution in [0.4, 0.5) is 5.69 Å². The van der Waals surface area contributed by atoms with E-state index in [4.69, 9.17) is 14.2 Å². The Morgan fingerprint density at radius 2 is 2.10 bits per heavy atom. The lowest BCUT2D eigenvalue weighted by Crippen LogP contribution is -2.27. The SMILES string of the molecule is CCOC(=O)C1C(=O)/C(=C/c2c[nH]c3ncccc23)OC1=Nc1ccc(OC)cc1. The number of benzene rings is 1. The standard InChI is InChI=1S/C22H19N3O5/c1-3-29-22(27)18-19(26)17(11-13-12-24-20-16(13)5-4-10-23-20)30-21(18)25-14-6-8-15(28-2)9-7-14/h4-12,18H,3H2,1-2H3,(H,23,24)/b17-11-,25-21?. The van der Waals surface area contributed by atoms with Gasteiger partial charge in [0.15, 0.2) is 11.7 Å². The van der Waals surface area contributed by atoms with Crippen LogP contribution >= 0.6 is 0 Å². The van der Waals surface area contributed by atoms with E-state index < -0.39 is 17.7 Å². The number of methoxy groups -OCH3 is 1. The number of Topliss-reactive ketones (excluding diaryl/α,β-unsaturated/α-hetero) is 1. The molecule has 1 aliphatic heterocycles. The molecule has 1 unspecified atom stereocenters. The highest BCUT2D eigenvalue weighted by Gasteiger charge is 2.44. The van der Waals surface area contributed by atoms with E-state index >= 15 is 0 Å². The van der Waals surface area contributed by atoms with Crippen molar-refractivity contribution >= 4 is 40.4 Å². The van der Waals surface area contributed by atoms with Crippen molar-refractivity contribution in [3.63, 3.8) is 0 Å². The first-order valence-electron chi connectivity index (χ1n) is 9.36. The van der Waals surface area contributed by atoms with Gasteiger partial charge in [0.05, 0.1) is 19.4 Å². The quantitative estimate of drug-likeness (QED) is 0.396. The van der Waals surface area contributed by atoms with Crippen molar-refractivity contribution in [2.24, 2.45) is 10.9 Å². The summed E-state index contributed by atoms with van der Waals surface area (Å²) in [4.78, 5) is 37.0. The molecule has 1 atom stereocenters. The van der Waals surface area contributed by atoms with Gasteiger partial charge in [0.2, 0.25) is 11.7 Å². The van der Waals surface area contributed by atoms with Crippen molar-refractivity contribution in [1.82, 2.24) is 9.97 Å². The van der Waals surface area contributed by atoms with E-state index in [9.17, 15) is 9.59 Å². The number of aromatic amines is 1. The lowest BCUT2D eigenvalue weighted by Gasteiger charge is -2.06. The summed E-state index contributed by atoms with van der Waals surface area (Å²) in [5.74, 6) is -1.78. The zero-order chi connectivity index (χ0) is 21.1. The molecule has 1 saturated heterocycles. The average molecular weight is 405 g/mol. The molecular weight excluding hydrogens is 386 g/mol. The van der Waals surface area contributed by atoms with Gasteiger partial charge in [-0.15, -0.1) is 0 Å². The van der Waals surface area contributed by atoms with Crippen molar-refractivity contribution in [2.45, 2.75) is 6.92 Å². The molecular formula is C22H19N3O5. The minimum atomic E-state index is -1.25. The molecule has 8 heteroatoms. The number of ketones is 1. The van der Waals surface area contributed by atoms with Gasteiger partial charge in [-0.25, -0.2) is 9.98 Å². The molecule has 1 aliphatic rings. The zero-order valence-corrected chi connectivity index (χ0v) is 16.4. The first-order chi connectivity index (χ1) is 14.6. The maximum atomic E-state index is 13.0. The van der Waals surface area contributed by atoms with Gasteiger partial charge in [0.1, 0.15) is 11.4 Å². The predicted octanol–water partition coefficient (Wildman–Crippen LogP) is 3.42. The van der Waals surface area contributed by atoms with E-state index in [-0.39, 0.29) is 18.3 Å². The smallest absolute Gasteiger partial charge is 0.326 e. The number of H-pyrrole nitrogens is 1. The van der Waals surface area contributed by atoms with E-state index in [2.05, 4.69) is 15.0 Å². The van der Waals surface area contributed by atoms with Gasteiger partial charge >= 0.3 is 5.97 Å². The Balaban J connectivity index is 1.72. The van der Waals surface area contributed by atoms with Gasteiger partial charge in [-0.1, -0.05) is 0 Å². The molecule has 0 bridgehead atoms. The first-order valence-corrected chi connectivity index (χ1v) is 9.36. The van der Waals surface area contributed by atoms with Crippen molar-refractivity contribution in [3.05, 3.63) is 60.1 Å². The normalized spacial score (nSPS) is 18.7. The molecule has 1 N–H and O–H groups in total. The van der Waals surface area contributed by atoms with E-state index in [0.29, 0.717) is 17.1 Å². The highest BCUT2D eigenvalue weighted by Crippen LogP contribution is 2.29. The molecule has 0 radical (unpaired) electrons. The van der Waals surface area contributed by atoms with Crippen molar-refractivity contribution in [2.75, 3.05) is 13.7 Å². The number of hydrogen-bond acceptors (Lipinski definition) is 7. The van der Waals surface area contributed by atoms with Crippen molar-refractivity contribution < 1.29 is 23.8 Å². The van der Waals surface area contributed by atoms with Crippen LogP contribution in [0.25, 0.3) is 17.1 Å². The van der Waals surface area contributed by atoms with Crippen LogP contribution in [0.2, 0.25) is 0 Å². The number of rotatable bonds is 5. The summed E-state index contributed by atoms with van der Waals surface area (Å²) in [6.45, 7) is 1.82. The maximum Gasteiger partial charge on any atom is 0.326 e. The van der Waals surface area contributed by atoms with Crippen LogP contribution in [-0.2, 0) is 19.1 Å². The number of nitrogens with one attached hydrogen (secondary N) is 1. The van der Waals surface area contributed by atoms with Crippen LogP contribution in [0.5, 0.6) is 5.75 Å². The second kappa shape index (κ2) is 8.20. The van der Waals surface area contributed by atoms with E-state index in [1.54, 1.807) is 62.8 Å². The summed E-state index contributed by atoms with van der Waals surface area (Å²) in [7, 11) is 1.56. The molecule has 3 heterocycles. The van der Waals surface area contributed by atoms with Crippen LogP contribution in [0.3, 0.4) is 0 Å². The highest BCUT2D eigenvalue weighted by atomic mass is 16.5. The van der Waals surface area contributed by atoms with E-state index in [1.165, 1.54) is 0 Å². The number of fused-ring (bicyclic) bond motifs is 1. The molecule has 0 amide bonds. The number of ether oxygens (including phenoxy) is 3. The molecule has 3 aromatic rings. The van der Waals surface area contributed by atoms with Crippen LogP contribution in [0.1, 0.15) is 12.5 Å². The van der Waals surface area contributed by atoms with Crippen molar-refractivity contribution in [3.8, 4) is 5.75 Å². The third-order valence-electron chi connectivity index (χ3n) is 4.57. The molecule has 152 valence electrons. The number of aromatic nitrogens is 2. The number of nitrogens with zero attached hydrogens (tertiary/aromatic N) is 2. The Bertz CT molecular complexity index is 1160. The monoisotopic (exact) mass is 405 g/mol. The maximum absolute atomic E-state index is 13.0. The minimum absolute atomic E-state index is 0.0186. The predicted molar refractivity (Wildman–Crippen MR) is 110 cm³/mol. The summed E-state index contributed by atoms with van der Waals surface area (Å²) in [5, 5.41) is 0.828. The fraction of sp³-hybridized carbons (Fsp3) is 0.182. The lowest BCUT2D eigenvalue weighted by atomic mass is 10.0. The summed E-state index contributed by atoms with van der Waals surface area (Å²) in [5.41, 5.74) is 1.92. The molecule has 0 saturated carbocycles. The Labute approximate surface area is 172 Å². The largest absolute Gasteiger partial charge is 0.497 e. The van der Waals surface area contributed by atoms with Gasteiger partial charge in [-0.3, -0.25) is 9.59 Å². The number of carbonyl (C=O) groups is 2. The van der Waals surface area contributed by atoms with Gasteiger partial charge in [0.25, 0.3) is 0 Å². The molecule has 4 rings (SSSR count). The fourth-order valence-electron chi connectivity index (χ4n) is 3.12. The topological polar surface area (TPSA) is 103 Å². The molecule has 1 fully saturated rings. The van der Waals surface area contributed by atoms with Crippen LogP contribution in [0, 0.1) is 5.92 Å². The number of aliphatic imine (C=N–C) groups is 1. The Morgan fingerprint density at radius 3 is 2.83 bits per heavy atom. The van der Waals surface area contributed by atoms with Gasteiger partial charge < -0.3 is 19.2 Å². The fourth-order valence-corrected chi connectivity index (χ4v) is 3.12.